The first kappa shape index (κ1) is 19.6. The van der Waals surface area contributed by atoms with Gasteiger partial charge in [-0.15, -0.1) is 6.58 Å². The summed E-state index contributed by atoms with van der Waals surface area (Å²) in [6.45, 7) is 7.28. The molecule has 0 radical (unpaired) electrons. The Balaban J connectivity index is 2.15. The summed E-state index contributed by atoms with van der Waals surface area (Å²) in [7, 11) is -3.86. The summed E-state index contributed by atoms with van der Waals surface area (Å²) < 4.78 is 28.7. The number of sulfonamides is 1. The fourth-order valence-electron chi connectivity index (χ4n) is 3.47. The summed E-state index contributed by atoms with van der Waals surface area (Å²) in [6, 6.07) is 12.3. The molecule has 27 heavy (non-hydrogen) atoms. The molecule has 0 saturated carbocycles. The number of benzene rings is 2. The van der Waals surface area contributed by atoms with Crippen molar-refractivity contribution in [3.05, 3.63) is 65.2 Å². The first-order chi connectivity index (χ1) is 12.8. The van der Waals surface area contributed by atoms with Gasteiger partial charge in [0.05, 0.1) is 12.2 Å². The lowest BCUT2D eigenvalue weighted by atomic mass is 10.1. The van der Waals surface area contributed by atoms with Crippen LogP contribution >= 0.6 is 15.9 Å². The van der Waals surface area contributed by atoms with Gasteiger partial charge in [0, 0.05) is 23.1 Å². The maximum Gasteiger partial charge on any atom is 0.265 e. The summed E-state index contributed by atoms with van der Waals surface area (Å²) in [4.78, 5) is 13.8. The molecule has 0 spiro atoms. The lowest BCUT2D eigenvalue weighted by Crippen LogP contribution is -2.34. The molecule has 3 rings (SSSR count). The highest BCUT2D eigenvalue weighted by Gasteiger charge is 2.33. The molecular formula is C20H21BrN2O3S. The van der Waals surface area contributed by atoms with Crippen LogP contribution in [0.15, 0.2) is 64.5 Å². The molecule has 0 N–H and O–H groups in total. The summed E-state index contributed by atoms with van der Waals surface area (Å²) in [5.41, 5.74) is 2.17. The molecule has 1 atom stereocenters. The van der Waals surface area contributed by atoms with Crippen molar-refractivity contribution < 1.29 is 13.2 Å². The zero-order chi connectivity index (χ0) is 19.8. The minimum atomic E-state index is -3.86. The zero-order valence-electron chi connectivity index (χ0n) is 15.2. The Morgan fingerprint density at radius 1 is 1.33 bits per heavy atom. The van der Waals surface area contributed by atoms with E-state index in [-0.39, 0.29) is 23.4 Å². The predicted octanol–water partition coefficient (Wildman–Crippen LogP) is 4.13. The third kappa shape index (κ3) is 3.53. The number of nitrogens with zero attached hydrogens (tertiary/aromatic N) is 2. The van der Waals surface area contributed by atoms with E-state index in [1.54, 1.807) is 47.4 Å². The monoisotopic (exact) mass is 448 g/mol. The fraction of sp³-hybridized carbons (Fsp3) is 0.250. The van der Waals surface area contributed by atoms with Gasteiger partial charge in [-0.05, 0) is 59.1 Å². The molecule has 0 saturated heterocycles. The molecule has 1 heterocycles. The van der Waals surface area contributed by atoms with E-state index in [4.69, 9.17) is 0 Å². The highest BCUT2D eigenvalue weighted by atomic mass is 79.9. The maximum absolute atomic E-state index is 13.4. The molecule has 2 aromatic rings. The van der Waals surface area contributed by atoms with E-state index < -0.39 is 10.0 Å². The number of amides is 1. The average molecular weight is 449 g/mol. The third-order valence-corrected chi connectivity index (χ3v) is 7.35. The van der Waals surface area contributed by atoms with Crippen LogP contribution in [0.2, 0.25) is 0 Å². The molecule has 1 amide bonds. The number of hydrogen-bond donors (Lipinski definition) is 0. The Labute approximate surface area is 168 Å². The van der Waals surface area contributed by atoms with Gasteiger partial charge in [0.1, 0.15) is 4.90 Å². The standard InChI is InChI=1S/C20H21BrN2O3S/c1-4-10-22(17-8-6-5-7-9-17)27(25,26)20-13-19-16(12-18(20)21)11-14(2)23(19)15(3)24/h4-9,12-14H,1,10-11H2,2-3H3/t14-/m0/s1. The van der Waals surface area contributed by atoms with Crippen molar-refractivity contribution in [1.82, 2.24) is 0 Å². The van der Waals surface area contributed by atoms with Crippen LogP contribution in [0.1, 0.15) is 19.4 Å². The average Bonchev–Trinajstić information content (AvgIpc) is 2.94. The largest absolute Gasteiger partial charge is 0.309 e. The third-order valence-electron chi connectivity index (χ3n) is 4.60. The number of carbonyl (C=O) groups is 1. The van der Waals surface area contributed by atoms with Crippen LogP contribution in [-0.4, -0.2) is 26.9 Å². The number of halogens is 1. The van der Waals surface area contributed by atoms with Crippen molar-refractivity contribution >= 4 is 43.2 Å². The van der Waals surface area contributed by atoms with E-state index >= 15 is 0 Å². The van der Waals surface area contributed by atoms with Gasteiger partial charge in [-0.2, -0.15) is 0 Å². The number of anilines is 2. The maximum atomic E-state index is 13.4. The number of carbonyl (C=O) groups excluding carboxylic acids is 1. The summed E-state index contributed by atoms with van der Waals surface area (Å²) in [5, 5.41) is 0. The summed E-state index contributed by atoms with van der Waals surface area (Å²) >= 11 is 3.42. The Bertz CT molecular complexity index is 990. The van der Waals surface area contributed by atoms with Crippen LogP contribution in [0.25, 0.3) is 0 Å². The number of para-hydroxylation sites is 1. The lowest BCUT2D eigenvalue weighted by Gasteiger charge is -2.25. The van der Waals surface area contributed by atoms with Gasteiger partial charge in [-0.3, -0.25) is 9.10 Å². The molecule has 0 aliphatic carbocycles. The normalized spacial score (nSPS) is 16.1. The van der Waals surface area contributed by atoms with Gasteiger partial charge < -0.3 is 4.90 Å². The minimum absolute atomic E-state index is 0.000700. The minimum Gasteiger partial charge on any atom is -0.309 e. The molecule has 0 fully saturated rings. The van der Waals surface area contributed by atoms with Gasteiger partial charge >= 0.3 is 0 Å². The van der Waals surface area contributed by atoms with Crippen LogP contribution in [-0.2, 0) is 21.2 Å². The molecule has 0 bridgehead atoms. The van der Waals surface area contributed by atoms with E-state index in [0.29, 0.717) is 22.3 Å². The van der Waals surface area contributed by atoms with Crippen molar-refractivity contribution in [3.63, 3.8) is 0 Å². The van der Waals surface area contributed by atoms with Crippen molar-refractivity contribution in [2.45, 2.75) is 31.2 Å². The van der Waals surface area contributed by atoms with Crippen LogP contribution in [0.5, 0.6) is 0 Å². The summed E-state index contributed by atoms with van der Waals surface area (Å²) in [5.74, 6) is -0.0991. The number of rotatable bonds is 5. The van der Waals surface area contributed by atoms with E-state index in [2.05, 4.69) is 22.5 Å². The van der Waals surface area contributed by atoms with Crippen molar-refractivity contribution in [3.8, 4) is 0 Å². The van der Waals surface area contributed by atoms with Crippen LogP contribution in [0.3, 0.4) is 0 Å². The Kier molecular flexibility index (Phi) is 5.44. The fourth-order valence-corrected chi connectivity index (χ4v) is 5.98. The predicted molar refractivity (Wildman–Crippen MR) is 112 cm³/mol. The van der Waals surface area contributed by atoms with Gasteiger partial charge in [-0.25, -0.2) is 8.42 Å². The van der Waals surface area contributed by atoms with Crippen molar-refractivity contribution in [1.29, 1.82) is 0 Å². The molecular weight excluding hydrogens is 428 g/mol. The number of hydrogen-bond acceptors (Lipinski definition) is 3. The SMILES string of the molecule is C=CCN(c1ccccc1)S(=O)(=O)c1cc2c(cc1Br)C[C@H](C)N2C(C)=O. The van der Waals surface area contributed by atoms with E-state index in [1.165, 1.54) is 11.2 Å². The zero-order valence-corrected chi connectivity index (χ0v) is 17.6. The molecule has 0 aromatic heterocycles. The molecule has 1 aliphatic rings. The van der Waals surface area contributed by atoms with Crippen molar-refractivity contribution in [2.24, 2.45) is 0 Å². The van der Waals surface area contributed by atoms with E-state index in [1.807, 2.05) is 13.0 Å². The molecule has 7 heteroatoms. The van der Waals surface area contributed by atoms with Crippen LogP contribution in [0, 0.1) is 0 Å². The first-order valence-corrected chi connectivity index (χ1v) is 10.8. The number of fused-ring (bicyclic) bond motifs is 1. The highest BCUT2D eigenvalue weighted by Crippen LogP contribution is 2.39. The second-order valence-corrected chi connectivity index (χ2v) is 9.20. The van der Waals surface area contributed by atoms with Gasteiger partial charge in [0.15, 0.2) is 0 Å². The van der Waals surface area contributed by atoms with Gasteiger partial charge in [-0.1, -0.05) is 24.3 Å². The Hall–Kier alpha value is -2.12. The summed E-state index contributed by atoms with van der Waals surface area (Å²) in [6.07, 6.45) is 2.25. The Morgan fingerprint density at radius 3 is 2.59 bits per heavy atom. The second kappa shape index (κ2) is 7.48. The molecule has 5 nitrogen and oxygen atoms in total. The highest BCUT2D eigenvalue weighted by molar-refractivity contribution is 9.10. The van der Waals surface area contributed by atoms with Gasteiger partial charge in [0.2, 0.25) is 5.91 Å². The molecule has 1 aliphatic heterocycles. The molecule has 0 unspecified atom stereocenters. The van der Waals surface area contributed by atoms with E-state index in [9.17, 15) is 13.2 Å². The smallest absolute Gasteiger partial charge is 0.265 e. The van der Waals surface area contributed by atoms with Crippen molar-refractivity contribution in [2.75, 3.05) is 15.7 Å². The van der Waals surface area contributed by atoms with Crippen LogP contribution in [0.4, 0.5) is 11.4 Å². The van der Waals surface area contributed by atoms with Crippen LogP contribution < -0.4 is 9.21 Å². The first-order valence-electron chi connectivity index (χ1n) is 8.58. The topological polar surface area (TPSA) is 57.7 Å². The quantitative estimate of drug-likeness (QED) is 0.646. The van der Waals surface area contributed by atoms with E-state index in [0.717, 1.165) is 5.56 Å². The van der Waals surface area contributed by atoms with Gasteiger partial charge in [0.25, 0.3) is 10.0 Å². The lowest BCUT2D eigenvalue weighted by molar-refractivity contribution is -0.116. The Morgan fingerprint density at radius 2 is 2.00 bits per heavy atom. The molecule has 2 aromatic carbocycles. The second-order valence-electron chi connectivity index (χ2n) is 6.51. The molecule has 142 valence electrons.